The second-order valence-electron chi connectivity index (χ2n) is 6.11. The summed E-state index contributed by atoms with van der Waals surface area (Å²) in [7, 11) is 0. The summed E-state index contributed by atoms with van der Waals surface area (Å²) in [5.41, 5.74) is 2.22. The lowest BCUT2D eigenvalue weighted by atomic mass is 10.1. The van der Waals surface area contributed by atoms with Gasteiger partial charge in [0.2, 0.25) is 0 Å². The molecule has 7 heteroatoms. The number of hydrogen-bond donors (Lipinski definition) is 2. The zero-order valence-electron chi connectivity index (χ0n) is 17.4. The number of hydrogen-bond acceptors (Lipinski definition) is 5. The van der Waals surface area contributed by atoms with Crippen molar-refractivity contribution in [3.63, 3.8) is 0 Å². The highest BCUT2D eigenvalue weighted by Crippen LogP contribution is 2.28. The van der Waals surface area contributed by atoms with Crippen molar-refractivity contribution >= 4 is 17.3 Å². The van der Waals surface area contributed by atoms with Gasteiger partial charge in [-0.3, -0.25) is 0 Å². The Bertz CT molecular complexity index is 746. The zero-order chi connectivity index (χ0) is 20.2. The van der Waals surface area contributed by atoms with Gasteiger partial charge in [0.1, 0.15) is 0 Å². The molecule has 0 aliphatic carbocycles. The van der Waals surface area contributed by atoms with Gasteiger partial charge >= 0.3 is 0 Å². The molecule has 0 radical (unpaired) electrons. The molecule has 0 fully saturated rings. The van der Waals surface area contributed by atoms with Crippen molar-refractivity contribution in [1.29, 1.82) is 0 Å². The first kappa shape index (κ1) is 22.0. The standard InChI is InChI=1S/C21H32N4O2S/c1-5-20-25-17(15-28-20)14-24-21(22-6-2)23-12-11-16-9-10-18(26-7-3)19(13-16)27-8-4/h9-10,13,15H,5-8,11-12,14H2,1-4H3,(H2,22,23,24). The fourth-order valence-electron chi connectivity index (χ4n) is 2.66. The van der Waals surface area contributed by atoms with Gasteiger partial charge in [-0.1, -0.05) is 13.0 Å². The van der Waals surface area contributed by atoms with Crippen LogP contribution in [0.1, 0.15) is 44.0 Å². The number of benzene rings is 1. The molecule has 0 bridgehead atoms. The van der Waals surface area contributed by atoms with E-state index in [0.29, 0.717) is 19.8 Å². The van der Waals surface area contributed by atoms with Crippen LogP contribution in [0.25, 0.3) is 0 Å². The molecule has 0 atom stereocenters. The van der Waals surface area contributed by atoms with E-state index in [1.165, 1.54) is 5.56 Å². The van der Waals surface area contributed by atoms with E-state index < -0.39 is 0 Å². The van der Waals surface area contributed by atoms with E-state index in [0.717, 1.165) is 54.1 Å². The molecule has 0 aliphatic heterocycles. The summed E-state index contributed by atoms with van der Waals surface area (Å²) in [5.74, 6) is 2.41. The third kappa shape index (κ3) is 7.03. The highest BCUT2D eigenvalue weighted by Gasteiger charge is 2.07. The van der Waals surface area contributed by atoms with Gasteiger partial charge < -0.3 is 20.1 Å². The lowest BCUT2D eigenvalue weighted by Crippen LogP contribution is -2.38. The molecule has 2 rings (SSSR count). The van der Waals surface area contributed by atoms with Gasteiger partial charge in [-0.15, -0.1) is 11.3 Å². The number of guanidine groups is 1. The van der Waals surface area contributed by atoms with Crippen LogP contribution in [0.5, 0.6) is 11.5 Å². The normalized spacial score (nSPS) is 11.4. The third-order valence-corrected chi connectivity index (χ3v) is 5.00. The minimum Gasteiger partial charge on any atom is -0.490 e. The van der Waals surface area contributed by atoms with Crippen molar-refractivity contribution in [2.75, 3.05) is 26.3 Å². The van der Waals surface area contributed by atoms with Crippen LogP contribution in [0.4, 0.5) is 0 Å². The molecule has 0 spiro atoms. The Hall–Kier alpha value is -2.28. The summed E-state index contributed by atoms with van der Waals surface area (Å²) >= 11 is 1.70. The monoisotopic (exact) mass is 404 g/mol. The van der Waals surface area contributed by atoms with E-state index in [1.807, 2.05) is 19.9 Å². The van der Waals surface area contributed by atoms with Crippen LogP contribution < -0.4 is 20.1 Å². The topological polar surface area (TPSA) is 67.8 Å². The Balaban J connectivity index is 1.92. The second-order valence-corrected chi connectivity index (χ2v) is 7.05. The Morgan fingerprint density at radius 2 is 1.86 bits per heavy atom. The van der Waals surface area contributed by atoms with Crippen LogP contribution >= 0.6 is 11.3 Å². The van der Waals surface area contributed by atoms with Crippen LogP contribution in [-0.2, 0) is 19.4 Å². The predicted octanol–water partition coefficient (Wildman–Crippen LogP) is 3.80. The van der Waals surface area contributed by atoms with E-state index in [9.17, 15) is 0 Å². The Kier molecular flexibility index (Phi) is 9.62. The number of nitrogens with zero attached hydrogens (tertiary/aromatic N) is 2. The fraction of sp³-hybridized carbons (Fsp3) is 0.524. The molecule has 154 valence electrons. The number of aromatic nitrogens is 1. The average Bonchev–Trinajstić information content (AvgIpc) is 3.16. The first-order chi connectivity index (χ1) is 13.7. The van der Waals surface area contributed by atoms with Gasteiger partial charge in [0.05, 0.1) is 30.5 Å². The van der Waals surface area contributed by atoms with Gasteiger partial charge in [-0.2, -0.15) is 0 Å². The van der Waals surface area contributed by atoms with Crippen LogP contribution in [0.15, 0.2) is 28.6 Å². The number of ether oxygens (including phenoxy) is 2. The van der Waals surface area contributed by atoms with E-state index in [-0.39, 0.29) is 0 Å². The molecule has 2 aromatic rings. The third-order valence-electron chi connectivity index (χ3n) is 3.96. The van der Waals surface area contributed by atoms with Crippen molar-refractivity contribution in [3.05, 3.63) is 39.8 Å². The van der Waals surface area contributed by atoms with Gasteiger partial charge in [0.25, 0.3) is 0 Å². The fourth-order valence-corrected chi connectivity index (χ4v) is 3.40. The summed E-state index contributed by atoms with van der Waals surface area (Å²) < 4.78 is 11.3. The Labute approximate surface area is 172 Å². The Morgan fingerprint density at radius 1 is 1.07 bits per heavy atom. The van der Waals surface area contributed by atoms with Gasteiger partial charge in [0.15, 0.2) is 17.5 Å². The van der Waals surface area contributed by atoms with E-state index in [2.05, 4.69) is 52.0 Å². The average molecular weight is 405 g/mol. The Morgan fingerprint density at radius 3 is 2.54 bits per heavy atom. The van der Waals surface area contributed by atoms with Crippen LogP contribution in [-0.4, -0.2) is 37.2 Å². The molecule has 28 heavy (non-hydrogen) atoms. The number of aryl methyl sites for hydroxylation is 1. The summed E-state index contributed by atoms with van der Waals surface area (Å²) in [5, 5.41) is 9.92. The highest BCUT2D eigenvalue weighted by atomic mass is 32.1. The maximum absolute atomic E-state index is 5.71. The van der Waals surface area contributed by atoms with Crippen molar-refractivity contribution < 1.29 is 9.47 Å². The van der Waals surface area contributed by atoms with E-state index >= 15 is 0 Å². The molecule has 0 amide bonds. The molecule has 0 saturated heterocycles. The molecule has 0 unspecified atom stereocenters. The number of thiazole rings is 1. The zero-order valence-corrected chi connectivity index (χ0v) is 18.2. The number of aliphatic imine (C=N–C) groups is 1. The van der Waals surface area contributed by atoms with Gasteiger partial charge in [-0.05, 0) is 51.3 Å². The molecular formula is C21H32N4O2S. The van der Waals surface area contributed by atoms with Gasteiger partial charge in [0, 0.05) is 18.5 Å². The largest absolute Gasteiger partial charge is 0.490 e. The van der Waals surface area contributed by atoms with Crippen molar-refractivity contribution in [3.8, 4) is 11.5 Å². The SMILES string of the molecule is CCNC(=NCc1csc(CC)n1)NCCc1ccc(OCC)c(OCC)c1. The molecule has 0 saturated carbocycles. The minimum atomic E-state index is 0.587. The molecule has 2 N–H and O–H groups in total. The van der Waals surface area contributed by atoms with Crippen LogP contribution in [0.2, 0.25) is 0 Å². The van der Waals surface area contributed by atoms with Crippen molar-refractivity contribution in [2.45, 2.75) is 47.1 Å². The molecule has 6 nitrogen and oxygen atoms in total. The molecule has 1 aromatic heterocycles. The van der Waals surface area contributed by atoms with Crippen LogP contribution in [0.3, 0.4) is 0 Å². The first-order valence-electron chi connectivity index (χ1n) is 10.0. The van der Waals surface area contributed by atoms with E-state index in [1.54, 1.807) is 11.3 Å². The van der Waals surface area contributed by atoms with Crippen molar-refractivity contribution in [2.24, 2.45) is 4.99 Å². The summed E-state index contributed by atoms with van der Waals surface area (Å²) in [6.45, 7) is 11.6. The number of rotatable bonds is 11. The van der Waals surface area contributed by atoms with Crippen molar-refractivity contribution in [1.82, 2.24) is 15.6 Å². The lowest BCUT2D eigenvalue weighted by Gasteiger charge is -2.14. The second kappa shape index (κ2) is 12.2. The molecule has 1 heterocycles. The maximum Gasteiger partial charge on any atom is 0.191 e. The number of nitrogens with one attached hydrogen (secondary N) is 2. The maximum atomic E-state index is 5.71. The summed E-state index contributed by atoms with van der Waals surface area (Å²) in [4.78, 5) is 9.21. The molecular weight excluding hydrogens is 372 g/mol. The van der Waals surface area contributed by atoms with Gasteiger partial charge in [-0.25, -0.2) is 9.98 Å². The van der Waals surface area contributed by atoms with Crippen LogP contribution in [0, 0.1) is 0 Å². The summed E-state index contributed by atoms with van der Waals surface area (Å²) in [6.07, 6.45) is 1.84. The van der Waals surface area contributed by atoms with E-state index in [4.69, 9.17) is 9.47 Å². The predicted molar refractivity (Wildman–Crippen MR) is 117 cm³/mol. The smallest absolute Gasteiger partial charge is 0.191 e. The molecule has 0 aliphatic rings. The minimum absolute atomic E-state index is 0.587. The quantitative estimate of drug-likeness (QED) is 0.440. The molecule has 1 aromatic carbocycles. The lowest BCUT2D eigenvalue weighted by molar-refractivity contribution is 0.287. The first-order valence-corrected chi connectivity index (χ1v) is 10.9. The highest BCUT2D eigenvalue weighted by molar-refractivity contribution is 7.09. The summed E-state index contributed by atoms with van der Waals surface area (Å²) in [6, 6.07) is 6.12.